The second-order valence-electron chi connectivity index (χ2n) is 4.72. The van der Waals surface area contributed by atoms with Gasteiger partial charge in [0, 0.05) is 18.5 Å². The van der Waals surface area contributed by atoms with Crippen molar-refractivity contribution in [2.45, 2.75) is 45.7 Å². The van der Waals surface area contributed by atoms with Crippen molar-refractivity contribution in [3.05, 3.63) is 0 Å². The summed E-state index contributed by atoms with van der Waals surface area (Å²) in [4.78, 5) is 13.7. The zero-order chi connectivity index (χ0) is 12.6. The number of hydrogen-bond acceptors (Lipinski definition) is 3. The predicted octanol–water partition coefficient (Wildman–Crippen LogP) is 0.831. The summed E-state index contributed by atoms with van der Waals surface area (Å²) in [7, 11) is 4.09. The predicted molar refractivity (Wildman–Crippen MR) is 68.5 cm³/mol. The molecule has 2 unspecified atom stereocenters. The molecule has 0 spiro atoms. The minimum absolute atomic E-state index is 0.139. The van der Waals surface area contributed by atoms with Gasteiger partial charge in [-0.2, -0.15) is 0 Å². The van der Waals surface area contributed by atoms with Crippen LogP contribution in [-0.4, -0.2) is 50.1 Å². The molecule has 0 aromatic rings. The Hall–Kier alpha value is -0.610. The molecule has 2 atom stereocenters. The molecule has 0 heterocycles. The standard InChI is InChI=1S/C12H27N3O/c1-6-13-11(3)9-12(16)14-10(2)7-8-15(4)5/h10-11,13H,6-9H2,1-5H3,(H,14,16). The molecular weight excluding hydrogens is 202 g/mol. The van der Waals surface area contributed by atoms with E-state index in [9.17, 15) is 4.79 Å². The highest BCUT2D eigenvalue weighted by atomic mass is 16.1. The Kier molecular flexibility index (Phi) is 8.21. The van der Waals surface area contributed by atoms with Gasteiger partial charge in [0.15, 0.2) is 0 Å². The number of rotatable bonds is 8. The van der Waals surface area contributed by atoms with Crippen LogP contribution in [0, 0.1) is 0 Å². The molecule has 0 fully saturated rings. The van der Waals surface area contributed by atoms with Crippen molar-refractivity contribution in [3.63, 3.8) is 0 Å². The molecule has 0 aliphatic carbocycles. The third-order valence-electron chi connectivity index (χ3n) is 2.46. The van der Waals surface area contributed by atoms with Gasteiger partial charge < -0.3 is 15.5 Å². The van der Waals surface area contributed by atoms with Crippen molar-refractivity contribution >= 4 is 5.91 Å². The number of carbonyl (C=O) groups is 1. The minimum atomic E-state index is 0.139. The highest BCUT2D eigenvalue weighted by Gasteiger charge is 2.10. The Morgan fingerprint density at radius 2 is 1.88 bits per heavy atom. The summed E-state index contributed by atoms with van der Waals surface area (Å²) in [6, 6.07) is 0.509. The topological polar surface area (TPSA) is 44.4 Å². The summed E-state index contributed by atoms with van der Waals surface area (Å²) < 4.78 is 0. The van der Waals surface area contributed by atoms with Crippen molar-refractivity contribution < 1.29 is 4.79 Å². The zero-order valence-corrected chi connectivity index (χ0v) is 11.3. The maximum Gasteiger partial charge on any atom is 0.221 e. The Morgan fingerprint density at radius 3 is 2.38 bits per heavy atom. The molecule has 0 saturated heterocycles. The van der Waals surface area contributed by atoms with Crippen LogP contribution in [0.3, 0.4) is 0 Å². The van der Waals surface area contributed by atoms with Gasteiger partial charge in [-0.05, 0) is 47.5 Å². The lowest BCUT2D eigenvalue weighted by molar-refractivity contribution is -0.122. The normalized spacial score (nSPS) is 14.9. The van der Waals surface area contributed by atoms with Gasteiger partial charge >= 0.3 is 0 Å². The molecule has 96 valence electrons. The van der Waals surface area contributed by atoms with E-state index in [1.165, 1.54) is 0 Å². The van der Waals surface area contributed by atoms with Gasteiger partial charge in [-0.15, -0.1) is 0 Å². The molecule has 16 heavy (non-hydrogen) atoms. The first kappa shape index (κ1) is 15.4. The van der Waals surface area contributed by atoms with Crippen molar-refractivity contribution in [1.82, 2.24) is 15.5 Å². The number of carbonyl (C=O) groups excluding carboxylic acids is 1. The van der Waals surface area contributed by atoms with Crippen LogP contribution in [0.1, 0.15) is 33.6 Å². The second-order valence-corrected chi connectivity index (χ2v) is 4.72. The summed E-state index contributed by atoms with van der Waals surface area (Å²) in [5, 5.41) is 6.25. The monoisotopic (exact) mass is 229 g/mol. The molecule has 0 radical (unpaired) electrons. The van der Waals surface area contributed by atoms with Crippen LogP contribution >= 0.6 is 0 Å². The van der Waals surface area contributed by atoms with Crippen LogP contribution in [0.4, 0.5) is 0 Å². The van der Waals surface area contributed by atoms with E-state index < -0.39 is 0 Å². The summed E-state index contributed by atoms with van der Waals surface area (Å²) in [5.41, 5.74) is 0. The Labute approximate surface area is 99.8 Å². The molecule has 0 bridgehead atoms. The first-order chi connectivity index (χ1) is 7.45. The van der Waals surface area contributed by atoms with E-state index in [1.54, 1.807) is 0 Å². The average Bonchev–Trinajstić information content (AvgIpc) is 2.14. The fraction of sp³-hybridized carbons (Fsp3) is 0.917. The Morgan fingerprint density at radius 1 is 1.25 bits per heavy atom. The second kappa shape index (κ2) is 8.53. The van der Waals surface area contributed by atoms with E-state index in [-0.39, 0.29) is 18.0 Å². The molecule has 0 rings (SSSR count). The van der Waals surface area contributed by atoms with Gasteiger partial charge in [0.2, 0.25) is 5.91 Å². The average molecular weight is 229 g/mol. The van der Waals surface area contributed by atoms with Gasteiger partial charge in [0.05, 0.1) is 0 Å². The van der Waals surface area contributed by atoms with Crippen molar-refractivity contribution in [3.8, 4) is 0 Å². The van der Waals surface area contributed by atoms with Gasteiger partial charge in [-0.1, -0.05) is 6.92 Å². The lowest BCUT2D eigenvalue weighted by Gasteiger charge is -2.18. The van der Waals surface area contributed by atoms with Crippen LogP contribution in [0.2, 0.25) is 0 Å². The van der Waals surface area contributed by atoms with Gasteiger partial charge in [-0.25, -0.2) is 0 Å². The number of nitrogens with one attached hydrogen (secondary N) is 2. The third kappa shape index (κ3) is 8.68. The maximum absolute atomic E-state index is 11.6. The van der Waals surface area contributed by atoms with E-state index in [0.29, 0.717) is 6.42 Å². The molecule has 0 aliphatic rings. The largest absolute Gasteiger partial charge is 0.354 e. The van der Waals surface area contributed by atoms with Gasteiger partial charge in [0.1, 0.15) is 0 Å². The number of hydrogen-bond donors (Lipinski definition) is 2. The fourth-order valence-electron chi connectivity index (χ4n) is 1.56. The minimum Gasteiger partial charge on any atom is -0.354 e. The van der Waals surface area contributed by atoms with Crippen LogP contribution in [0.25, 0.3) is 0 Å². The molecule has 0 saturated carbocycles. The first-order valence-electron chi connectivity index (χ1n) is 6.13. The van der Waals surface area contributed by atoms with E-state index in [0.717, 1.165) is 19.5 Å². The number of amides is 1. The Balaban J connectivity index is 3.69. The van der Waals surface area contributed by atoms with Crippen molar-refractivity contribution in [1.29, 1.82) is 0 Å². The highest BCUT2D eigenvalue weighted by Crippen LogP contribution is 1.95. The van der Waals surface area contributed by atoms with Crippen LogP contribution < -0.4 is 10.6 Å². The lowest BCUT2D eigenvalue weighted by atomic mass is 10.2. The van der Waals surface area contributed by atoms with Gasteiger partial charge in [-0.3, -0.25) is 4.79 Å². The molecule has 4 heteroatoms. The Bertz CT molecular complexity index is 195. The molecule has 0 aliphatic heterocycles. The van der Waals surface area contributed by atoms with Crippen molar-refractivity contribution in [2.75, 3.05) is 27.2 Å². The summed E-state index contributed by atoms with van der Waals surface area (Å²) >= 11 is 0. The molecule has 4 nitrogen and oxygen atoms in total. The maximum atomic E-state index is 11.6. The third-order valence-corrected chi connectivity index (χ3v) is 2.46. The smallest absolute Gasteiger partial charge is 0.221 e. The SMILES string of the molecule is CCNC(C)CC(=O)NC(C)CCN(C)C. The summed E-state index contributed by atoms with van der Waals surface area (Å²) in [5.74, 6) is 0.139. The fourth-order valence-corrected chi connectivity index (χ4v) is 1.56. The van der Waals surface area contributed by atoms with E-state index in [1.807, 2.05) is 27.9 Å². The molecular formula is C12H27N3O. The van der Waals surface area contributed by atoms with Crippen molar-refractivity contribution in [2.24, 2.45) is 0 Å². The quantitative estimate of drug-likeness (QED) is 0.648. The summed E-state index contributed by atoms with van der Waals surface area (Å²) in [6.45, 7) is 8.05. The molecule has 1 amide bonds. The lowest BCUT2D eigenvalue weighted by Crippen LogP contribution is -2.38. The van der Waals surface area contributed by atoms with Gasteiger partial charge in [0.25, 0.3) is 0 Å². The van der Waals surface area contributed by atoms with E-state index >= 15 is 0 Å². The van der Waals surface area contributed by atoms with E-state index in [2.05, 4.69) is 22.5 Å². The molecule has 2 N–H and O–H groups in total. The number of nitrogens with zero attached hydrogens (tertiary/aromatic N) is 1. The molecule has 0 aromatic carbocycles. The first-order valence-corrected chi connectivity index (χ1v) is 6.13. The van der Waals surface area contributed by atoms with Crippen LogP contribution in [0.15, 0.2) is 0 Å². The molecule has 0 aromatic heterocycles. The van der Waals surface area contributed by atoms with Crippen LogP contribution in [0.5, 0.6) is 0 Å². The zero-order valence-electron chi connectivity index (χ0n) is 11.3. The van der Waals surface area contributed by atoms with Crippen LogP contribution in [-0.2, 0) is 4.79 Å². The summed E-state index contributed by atoms with van der Waals surface area (Å²) in [6.07, 6.45) is 1.55. The highest BCUT2D eigenvalue weighted by molar-refractivity contribution is 5.76. The van der Waals surface area contributed by atoms with E-state index in [4.69, 9.17) is 0 Å².